The number of ether oxygens (including phenoxy) is 3. The summed E-state index contributed by atoms with van der Waals surface area (Å²) in [6.45, 7) is 4.21. The van der Waals surface area contributed by atoms with Crippen molar-refractivity contribution in [2.45, 2.75) is 13.8 Å². The van der Waals surface area contributed by atoms with E-state index in [0.717, 1.165) is 21.6 Å². The van der Waals surface area contributed by atoms with Crippen LogP contribution in [0, 0.1) is 13.8 Å². The van der Waals surface area contributed by atoms with Gasteiger partial charge in [0.05, 0.1) is 38.8 Å². The van der Waals surface area contributed by atoms with Crippen molar-refractivity contribution in [2.24, 2.45) is 10.1 Å². The van der Waals surface area contributed by atoms with Gasteiger partial charge in [0, 0.05) is 30.1 Å². The van der Waals surface area contributed by atoms with Crippen LogP contribution in [0.3, 0.4) is 0 Å². The summed E-state index contributed by atoms with van der Waals surface area (Å²) in [6.07, 6.45) is 1.73. The monoisotopic (exact) mass is 411 g/mol. The van der Waals surface area contributed by atoms with E-state index >= 15 is 0 Å². The average Bonchev–Trinajstić information content (AvgIpc) is 3.16. The fourth-order valence-corrected chi connectivity index (χ4v) is 3.74. The molecule has 0 aliphatic carbocycles. The second kappa shape index (κ2) is 8.96. The summed E-state index contributed by atoms with van der Waals surface area (Å²) in [7, 11) is 6.58. The Kier molecular flexibility index (Phi) is 6.39. The summed E-state index contributed by atoms with van der Waals surface area (Å²) in [6, 6.07) is 9.99. The maximum absolute atomic E-state index is 5.52. The van der Waals surface area contributed by atoms with Crippen molar-refractivity contribution in [3.05, 3.63) is 57.2 Å². The molecule has 0 amide bonds. The minimum atomic E-state index is 0.614. The highest BCUT2D eigenvalue weighted by Gasteiger charge is 2.13. The minimum absolute atomic E-state index is 0.614. The lowest BCUT2D eigenvalue weighted by Crippen LogP contribution is -2.12. The molecule has 1 aromatic heterocycles. The van der Waals surface area contributed by atoms with Crippen molar-refractivity contribution in [3.8, 4) is 28.5 Å². The molecule has 0 saturated heterocycles. The van der Waals surface area contributed by atoms with Crippen molar-refractivity contribution in [1.82, 2.24) is 4.68 Å². The maximum Gasteiger partial charge on any atom is 0.205 e. The van der Waals surface area contributed by atoms with Crippen LogP contribution in [0.2, 0.25) is 0 Å². The molecule has 3 aromatic rings. The van der Waals surface area contributed by atoms with E-state index in [0.29, 0.717) is 17.2 Å². The van der Waals surface area contributed by atoms with E-state index in [9.17, 15) is 0 Å². The number of benzene rings is 2. The lowest BCUT2D eigenvalue weighted by Gasteiger charge is -2.12. The summed E-state index contributed by atoms with van der Waals surface area (Å²) in [5.74, 6) is 1.88. The third-order valence-electron chi connectivity index (χ3n) is 4.73. The zero-order valence-electron chi connectivity index (χ0n) is 17.5. The molecule has 0 aliphatic heterocycles. The fraction of sp³-hybridized carbons (Fsp3) is 0.273. The molecule has 0 atom stereocenters. The third kappa shape index (κ3) is 4.19. The van der Waals surface area contributed by atoms with Gasteiger partial charge < -0.3 is 14.2 Å². The number of nitrogens with zero attached hydrogens (tertiary/aromatic N) is 3. The van der Waals surface area contributed by atoms with E-state index in [2.05, 4.69) is 42.4 Å². The normalized spacial score (nSPS) is 11.9. The molecule has 0 bridgehead atoms. The van der Waals surface area contributed by atoms with Gasteiger partial charge in [-0.15, -0.1) is 11.3 Å². The van der Waals surface area contributed by atoms with Crippen molar-refractivity contribution in [2.75, 3.05) is 28.4 Å². The first-order valence-electron chi connectivity index (χ1n) is 9.07. The molecular weight excluding hydrogens is 386 g/mol. The quantitative estimate of drug-likeness (QED) is 0.569. The Morgan fingerprint density at radius 2 is 1.62 bits per heavy atom. The van der Waals surface area contributed by atoms with Gasteiger partial charge in [0.1, 0.15) is 17.2 Å². The molecule has 152 valence electrons. The highest BCUT2D eigenvalue weighted by atomic mass is 32.1. The van der Waals surface area contributed by atoms with Crippen molar-refractivity contribution < 1.29 is 14.2 Å². The minimum Gasteiger partial charge on any atom is -0.496 e. The predicted molar refractivity (Wildman–Crippen MR) is 118 cm³/mol. The molecule has 1 heterocycles. The molecule has 0 unspecified atom stereocenters. The Hall–Kier alpha value is -3.06. The van der Waals surface area contributed by atoms with E-state index in [1.807, 2.05) is 4.68 Å². The van der Waals surface area contributed by atoms with Gasteiger partial charge in [0.15, 0.2) is 0 Å². The van der Waals surface area contributed by atoms with Gasteiger partial charge in [-0.1, -0.05) is 12.1 Å². The van der Waals surface area contributed by atoms with Crippen LogP contribution in [0.15, 0.2) is 45.8 Å². The molecule has 7 heteroatoms. The van der Waals surface area contributed by atoms with Crippen LogP contribution in [-0.2, 0) is 0 Å². The first-order chi connectivity index (χ1) is 14.0. The van der Waals surface area contributed by atoms with E-state index < -0.39 is 0 Å². The lowest BCUT2D eigenvalue weighted by molar-refractivity contribution is 0.374. The Morgan fingerprint density at radius 1 is 0.931 bits per heavy atom. The van der Waals surface area contributed by atoms with E-state index in [-0.39, 0.29) is 0 Å². The SMILES string of the molecule is CN=c1scc(-c2ccc(C)c(C)c2)n1N=Cc1c(OC)cc(OC)cc1OC. The molecule has 0 spiro atoms. The van der Waals surface area contributed by atoms with Crippen LogP contribution >= 0.6 is 11.3 Å². The molecule has 29 heavy (non-hydrogen) atoms. The van der Waals surface area contributed by atoms with Gasteiger partial charge in [0.2, 0.25) is 4.80 Å². The summed E-state index contributed by atoms with van der Waals surface area (Å²) < 4.78 is 18.2. The molecule has 0 aliphatic rings. The van der Waals surface area contributed by atoms with Gasteiger partial charge in [-0.05, 0) is 31.0 Å². The van der Waals surface area contributed by atoms with Crippen LogP contribution in [0.1, 0.15) is 16.7 Å². The van der Waals surface area contributed by atoms with Gasteiger partial charge in [0.25, 0.3) is 0 Å². The Balaban J connectivity index is 2.13. The highest BCUT2D eigenvalue weighted by Crippen LogP contribution is 2.33. The highest BCUT2D eigenvalue weighted by molar-refractivity contribution is 7.07. The number of thiazole rings is 1. The first-order valence-corrected chi connectivity index (χ1v) is 9.95. The zero-order valence-corrected chi connectivity index (χ0v) is 18.3. The average molecular weight is 412 g/mol. The predicted octanol–water partition coefficient (Wildman–Crippen LogP) is 4.27. The molecule has 0 fully saturated rings. The van der Waals surface area contributed by atoms with Gasteiger partial charge in [-0.2, -0.15) is 5.10 Å². The van der Waals surface area contributed by atoms with Crippen molar-refractivity contribution in [3.63, 3.8) is 0 Å². The molecule has 3 rings (SSSR count). The molecular formula is C22H25N3O3S. The summed E-state index contributed by atoms with van der Waals surface area (Å²) in [5.41, 5.74) is 5.28. The molecule has 0 saturated carbocycles. The number of aryl methyl sites for hydroxylation is 2. The molecule has 0 radical (unpaired) electrons. The van der Waals surface area contributed by atoms with Crippen LogP contribution < -0.4 is 19.0 Å². The number of hydrogen-bond donors (Lipinski definition) is 0. The Labute approximate surface area is 174 Å². The number of hydrogen-bond acceptors (Lipinski definition) is 6. The third-order valence-corrected chi connectivity index (χ3v) is 5.64. The topological polar surface area (TPSA) is 57.3 Å². The van der Waals surface area contributed by atoms with Crippen LogP contribution in [0.4, 0.5) is 0 Å². The summed E-state index contributed by atoms with van der Waals surface area (Å²) in [5, 5.41) is 6.78. The second-order valence-electron chi connectivity index (χ2n) is 6.43. The zero-order chi connectivity index (χ0) is 21.0. The summed E-state index contributed by atoms with van der Waals surface area (Å²) >= 11 is 1.54. The smallest absolute Gasteiger partial charge is 0.205 e. The number of rotatable bonds is 6. The second-order valence-corrected chi connectivity index (χ2v) is 7.26. The lowest BCUT2D eigenvalue weighted by atomic mass is 10.1. The first kappa shape index (κ1) is 20.7. The van der Waals surface area contributed by atoms with E-state index in [1.54, 1.807) is 58.1 Å². The maximum atomic E-state index is 5.52. The van der Waals surface area contributed by atoms with Crippen LogP contribution in [0.5, 0.6) is 17.2 Å². The Morgan fingerprint density at radius 3 is 2.17 bits per heavy atom. The Bertz CT molecular complexity index is 1090. The van der Waals surface area contributed by atoms with Crippen LogP contribution in [0.25, 0.3) is 11.3 Å². The van der Waals surface area contributed by atoms with Crippen LogP contribution in [-0.4, -0.2) is 39.3 Å². The summed E-state index contributed by atoms with van der Waals surface area (Å²) in [4.78, 5) is 5.16. The molecule has 0 N–H and O–H groups in total. The van der Waals surface area contributed by atoms with Gasteiger partial charge >= 0.3 is 0 Å². The van der Waals surface area contributed by atoms with Crippen molar-refractivity contribution in [1.29, 1.82) is 0 Å². The number of methoxy groups -OCH3 is 3. The fourth-order valence-electron chi connectivity index (χ4n) is 2.94. The molecule has 2 aromatic carbocycles. The van der Waals surface area contributed by atoms with Gasteiger partial charge in [-0.25, -0.2) is 4.68 Å². The van der Waals surface area contributed by atoms with Crippen molar-refractivity contribution >= 4 is 17.6 Å². The largest absolute Gasteiger partial charge is 0.496 e. The standard InChI is InChI=1S/C22H25N3O3S/c1-14-7-8-16(9-15(14)2)19-13-29-22(23-3)25(19)24-12-18-20(27-5)10-17(26-4)11-21(18)28-6/h7-13H,1-6H3. The van der Waals surface area contributed by atoms with Gasteiger partial charge in [-0.3, -0.25) is 4.99 Å². The van der Waals surface area contributed by atoms with E-state index in [4.69, 9.17) is 19.3 Å². The van der Waals surface area contributed by atoms with E-state index in [1.165, 1.54) is 11.1 Å². The number of aromatic nitrogens is 1. The molecule has 6 nitrogen and oxygen atoms in total.